The van der Waals surface area contributed by atoms with Crippen LogP contribution in [0.5, 0.6) is 5.75 Å². The van der Waals surface area contributed by atoms with Crippen molar-refractivity contribution in [2.24, 2.45) is 7.05 Å². The standard InChI is InChI=1S/C18H23N3O3/c1-13-9-20(2)18(19-13)15-7-8-21(11-15)10-14-5-3-4-6-16(14)24-12-17(22)23/h3-6,9,15H,7-8,10-12H2,1-2H3,(H,22,23). The molecule has 0 saturated carbocycles. The van der Waals surface area contributed by atoms with Crippen LogP contribution >= 0.6 is 0 Å². The molecule has 0 bridgehead atoms. The highest BCUT2D eigenvalue weighted by atomic mass is 16.5. The van der Waals surface area contributed by atoms with Crippen LogP contribution in [0.2, 0.25) is 0 Å². The number of likely N-dealkylation sites (tertiary alicyclic amines) is 1. The van der Waals surface area contributed by atoms with E-state index in [-0.39, 0.29) is 6.61 Å². The summed E-state index contributed by atoms with van der Waals surface area (Å²) in [6, 6.07) is 7.64. The van der Waals surface area contributed by atoms with Crippen LogP contribution in [-0.2, 0) is 18.4 Å². The Morgan fingerprint density at radius 1 is 1.42 bits per heavy atom. The quantitative estimate of drug-likeness (QED) is 0.880. The fourth-order valence-corrected chi connectivity index (χ4v) is 3.36. The summed E-state index contributed by atoms with van der Waals surface area (Å²) in [6.45, 7) is 4.43. The lowest BCUT2D eigenvalue weighted by molar-refractivity contribution is -0.139. The van der Waals surface area contributed by atoms with Gasteiger partial charge in [-0.25, -0.2) is 9.78 Å². The van der Waals surface area contributed by atoms with Crippen LogP contribution in [0, 0.1) is 6.92 Å². The summed E-state index contributed by atoms with van der Waals surface area (Å²) in [5, 5.41) is 8.79. The zero-order chi connectivity index (χ0) is 17.1. The highest BCUT2D eigenvalue weighted by Crippen LogP contribution is 2.29. The molecule has 1 aromatic heterocycles. The molecule has 128 valence electrons. The molecule has 0 aliphatic carbocycles. The van der Waals surface area contributed by atoms with E-state index in [4.69, 9.17) is 9.84 Å². The maximum Gasteiger partial charge on any atom is 0.341 e. The van der Waals surface area contributed by atoms with Gasteiger partial charge >= 0.3 is 5.97 Å². The molecular weight excluding hydrogens is 306 g/mol. The number of rotatable bonds is 6. The van der Waals surface area contributed by atoms with Crippen molar-refractivity contribution in [3.8, 4) is 5.75 Å². The van der Waals surface area contributed by atoms with E-state index in [1.165, 1.54) is 0 Å². The highest BCUT2D eigenvalue weighted by molar-refractivity contribution is 5.68. The maximum absolute atomic E-state index is 10.7. The van der Waals surface area contributed by atoms with Gasteiger partial charge in [0.15, 0.2) is 6.61 Å². The molecule has 0 spiro atoms. The molecule has 1 aliphatic rings. The van der Waals surface area contributed by atoms with E-state index in [9.17, 15) is 4.79 Å². The first-order valence-electron chi connectivity index (χ1n) is 8.17. The Morgan fingerprint density at radius 2 is 2.21 bits per heavy atom. The molecule has 1 atom stereocenters. The van der Waals surface area contributed by atoms with Gasteiger partial charge in [0, 0.05) is 37.8 Å². The number of aliphatic carboxylic acids is 1. The van der Waals surface area contributed by atoms with Crippen molar-refractivity contribution in [3.63, 3.8) is 0 Å². The number of ether oxygens (including phenoxy) is 1. The monoisotopic (exact) mass is 329 g/mol. The summed E-state index contributed by atoms with van der Waals surface area (Å²) in [5.41, 5.74) is 2.08. The average Bonchev–Trinajstić information content (AvgIpc) is 3.12. The number of hydrogen-bond donors (Lipinski definition) is 1. The first-order valence-corrected chi connectivity index (χ1v) is 8.17. The normalized spacial score (nSPS) is 18.0. The first kappa shape index (κ1) is 16.5. The van der Waals surface area contributed by atoms with Gasteiger partial charge in [-0.1, -0.05) is 18.2 Å². The zero-order valence-corrected chi connectivity index (χ0v) is 14.1. The number of nitrogens with zero attached hydrogens (tertiary/aromatic N) is 3. The molecule has 3 rings (SSSR count). The Balaban J connectivity index is 1.65. The topological polar surface area (TPSA) is 67.6 Å². The van der Waals surface area contributed by atoms with E-state index in [1.54, 1.807) is 0 Å². The average molecular weight is 329 g/mol. The number of imidazole rings is 1. The van der Waals surface area contributed by atoms with Gasteiger partial charge in [0.1, 0.15) is 11.6 Å². The predicted octanol–water partition coefficient (Wildman–Crippen LogP) is 2.18. The second kappa shape index (κ2) is 7.05. The molecule has 2 heterocycles. The number of carbonyl (C=O) groups is 1. The van der Waals surface area contributed by atoms with E-state index in [2.05, 4.69) is 20.6 Å². The number of para-hydroxylation sites is 1. The van der Waals surface area contributed by atoms with Crippen LogP contribution in [0.3, 0.4) is 0 Å². The van der Waals surface area contributed by atoms with Crippen LogP contribution < -0.4 is 4.74 Å². The van der Waals surface area contributed by atoms with Crippen molar-refractivity contribution in [3.05, 3.63) is 47.5 Å². The summed E-state index contributed by atoms with van der Waals surface area (Å²) in [5.74, 6) is 1.27. The van der Waals surface area contributed by atoms with E-state index in [1.807, 2.05) is 38.2 Å². The van der Waals surface area contributed by atoms with E-state index >= 15 is 0 Å². The Hall–Kier alpha value is -2.34. The smallest absolute Gasteiger partial charge is 0.341 e. The lowest BCUT2D eigenvalue weighted by Crippen LogP contribution is -2.21. The molecular formula is C18H23N3O3. The van der Waals surface area contributed by atoms with E-state index in [0.717, 1.165) is 43.1 Å². The maximum atomic E-state index is 10.7. The Morgan fingerprint density at radius 3 is 2.92 bits per heavy atom. The summed E-state index contributed by atoms with van der Waals surface area (Å²) < 4.78 is 7.52. The molecule has 6 heteroatoms. The third-order valence-corrected chi connectivity index (χ3v) is 4.39. The number of hydrogen-bond acceptors (Lipinski definition) is 4. The van der Waals surface area contributed by atoms with Crippen molar-refractivity contribution in [2.75, 3.05) is 19.7 Å². The molecule has 2 aromatic rings. The minimum atomic E-state index is -0.962. The van der Waals surface area contributed by atoms with E-state index < -0.39 is 5.97 Å². The van der Waals surface area contributed by atoms with Crippen LogP contribution in [0.4, 0.5) is 0 Å². The van der Waals surface area contributed by atoms with Gasteiger partial charge in [-0.15, -0.1) is 0 Å². The second-order valence-electron chi connectivity index (χ2n) is 6.36. The molecule has 1 fully saturated rings. The largest absolute Gasteiger partial charge is 0.482 e. The lowest BCUT2D eigenvalue weighted by Gasteiger charge is -2.18. The number of aryl methyl sites for hydroxylation is 2. The summed E-state index contributed by atoms with van der Waals surface area (Å²) in [7, 11) is 2.05. The minimum Gasteiger partial charge on any atom is -0.482 e. The molecule has 1 unspecified atom stereocenters. The van der Waals surface area contributed by atoms with E-state index in [0.29, 0.717) is 11.7 Å². The van der Waals surface area contributed by atoms with Crippen LogP contribution in [0.25, 0.3) is 0 Å². The third-order valence-electron chi connectivity index (χ3n) is 4.39. The van der Waals surface area contributed by atoms with Gasteiger partial charge in [0.25, 0.3) is 0 Å². The fourth-order valence-electron chi connectivity index (χ4n) is 3.36. The molecule has 24 heavy (non-hydrogen) atoms. The SMILES string of the molecule is Cc1cn(C)c(C2CCN(Cc3ccccc3OCC(=O)O)C2)n1. The van der Waals surface area contributed by atoms with Gasteiger partial charge in [-0.3, -0.25) is 4.90 Å². The molecule has 1 aliphatic heterocycles. The molecule has 6 nitrogen and oxygen atoms in total. The fraction of sp³-hybridized carbons (Fsp3) is 0.444. The van der Waals surface area contributed by atoms with Crippen molar-refractivity contribution >= 4 is 5.97 Å². The van der Waals surface area contributed by atoms with Crippen molar-refractivity contribution in [1.29, 1.82) is 0 Å². The van der Waals surface area contributed by atoms with Crippen LogP contribution in [0.1, 0.15) is 29.4 Å². The molecule has 1 aromatic carbocycles. The minimum absolute atomic E-state index is 0.313. The number of carboxylic acid groups (broad SMARTS) is 1. The van der Waals surface area contributed by atoms with Crippen LogP contribution in [0.15, 0.2) is 30.5 Å². The molecule has 1 N–H and O–H groups in total. The Labute approximate surface area is 141 Å². The van der Waals surface area contributed by atoms with Gasteiger partial charge in [-0.05, 0) is 26.0 Å². The summed E-state index contributed by atoms with van der Waals surface area (Å²) in [6.07, 6.45) is 3.15. The number of aromatic nitrogens is 2. The van der Waals surface area contributed by atoms with Gasteiger partial charge in [-0.2, -0.15) is 0 Å². The summed E-state index contributed by atoms with van der Waals surface area (Å²) in [4.78, 5) is 17.7. The number of benzene rings is 1. The Kier molecular flexibility index (Phi) is 4.85. The Bertz CT molecular complexity index is 726. The van der Waals surface area contributed by atoms with Crippen molar-refractivity contribution in [1.82, 2.24) is 14.5 Å². The number of carboxylic acids is 1. The van der Waals surface area contributed by atoms with Gasteiger partial charge in [0.05, 0.1) is 5.69 Å². The van der Waals surface area contributed by atoms with Gasteiger partial charge in [0.2, 0.25) is 0 Å². The first-order chi connectivity index (χ1) is 11.5. The third kappa shape index (κ3) is 3.76. The van der Waals surface area contributed by atoms with Crippen molar-refractivity contribution in [2.45, 2.75) is 25.8 Å². The predicted molar refractivity (Wildman–Crippen MR) is 90.2 cm³/mol. The zero-order valence-electron chi connectivity index (χ0n) is 14.1. The molecule has 1 saturated heterocycles. The van der Waals surface area contributed by atoms with Crippen molar-refractivity contribution < 1.29 is 14.6 Å². The van der Waals surface area contributed by atoms with Crippen LogP contribution in [-0.4, -0.2) is 45.2 Å². The second-order valence-corrected chi connectivity index (χ2v) is 6.36. The molecule has 0 amide bonds. The summed E-state index contributed by atoms with van der Waals surface area (Å²) >= 11 is 0. The highest BCUT2D eigenvalue weighted by Gasteiger charge is 2.27. The lowest BCUT2D eigenvalue weighted by atomic mass is 10.1. The molecule has 0 radical (unpaired) electrons. The van der Waals surface area contributed by atoms with Gasteiger partial charge < -0.3 is 14.4 Å².